The standard InChI is InChI=1S/C55H34N4/c56-35-36-23-27-52(45(31-36)39-26-30-54-48(34-39)43-18-8-11-21-50(43)58(54)41-15-5-2-6-16-41)59-51-22-12-9-19-44(51)47-33-38(25-29-55(47)59)37-24-28-53-46(32-37)42-17-7-10-20-49(42)57(53)40-13-3-1-4-14-40/h1-34H. The number of para-hydroxylation sites is 5. The van der Waals surface area contributed by atoms with E-state index in [1.165, 1.54) is 54.5 Å². The lowest BCUT2D eigenvalue weighted by atomic mass is 9.98. The van der Waals surface area contributed by atoms with Crippen LogP contribution in [-0.2, 0) is 0 Å². The van der Waals surface area contributed by atoms with E-state index in [4.69, 9.17) is 0 Å². The minimum absolute atomic E-state index is 0.627. The summed E-state index contributed by atoms with van der Waals surface area (Å²) in [4.78, 5) is 0. The van der Waals surface area contributed by atoms with E-state index in [9.17, 15) is 5.26 Å². The monoisotopic (exact) mass is 750 g/mol. The first kappa shape index (κ1) is 33.1. The molecule has 0 bridgehead atoms. The van der Waals surface area contributed by atoms with Gasteiger partial charge in [0.2, 0.25) is 0 Å². The summed E-state index contributed by atoms with van der Waals surface area (Å²) in [7, 11) is 0. The maximum atomic E-state index is 10.2. The van der Waals surface area contributed by atoms with Gasteiger partial charge in [0.25, 0.3) is 0 Å². The maximum absolute atomic E-state index is 10.2. The van der Waals surface area contributed by atoms with E-state index in [0.29, 0.717) is 5.56 Å². The van der Waals surface area contributed by atoms with Gasteiger partial charge < -0.3 is 13.7 Å². The number of nitriles is 1. The van der Waals surface area contributed by atoms with Crippen molar-refractivity contribution in [2.75, 3.05) is 0 Å². The second-order valence-electron chi connectivity index (χ2n) is 15.3. The van der Waals surface area contributed by atoms with Crippen LogP contribution in [0.15, 0.2) is 206 Å². The lowest BCUT2D eigenvalue weighted by molar-refractivity contribution is 1.18. The van der Waals surface area contributed by atoms with Crippen LogP contribution in [0.4, 0.5) is 0 Å². The molecule has 0 N–H and O–H groups in total. The van der Waals surface area contributed by atoms with Crippen molar-refractivity contribution in [3.8, 4) is 45.4 Å². The highest BCUT2D eigenvalue weighted by Crippen LogP contribution is 2.42. The first-order chi connectivity index (χ1) is 29.2. The molecule has 0 aliphatic heterocycles. The van der Waals surface area contributed by atoms with Gasteiger partial charge in [-0.2, -0.15) is 5.26 Å². The van der Waals surface area contributed by atoms with Crippen molar-refractivity contribution < 1.29 is 0 Å². The highest BCUT2D eigenvalue weighted by Gasteiger charge is 2.20. The quantitative estimate of drug-likeness (QED) is 0.173. The molecule has 3 aromatic heterocycles. The summed E-state index contributed by atoms with van der Waals surface area (Å²) < 4.78 is 7.07. The molecule has 12 aromatic rings. The van der Waals surface area contributed by atoms with Crippen LogP contribution in [0.3, 0.4) is 0 Å². The Labute approximate surface area is 340 Å². The van der Waals surface area contributed by atoms with E-state index in [1.54, 1.807) is 0 Å². The summed E-state index contributed by atoms with van der Waals surface area (Å²) in [6, 6.07) is 76.1. The number of rotatable bonds is 5. The molecule has 0 radical (unpaired) electrons. The number of benzene rings is 9. The fourth-order valence-electron chi connectivity index (χ4n) is 9.45. The smallest absolute Gasteiger partial charge is 0.0991 e. The van der Waals surface area contributed by atoms with Crippen molar-refractivity contribution in [3.63, 3.8) is 0 Å². The van der Waals surface area contributed by atoms with Gasteiger partial charge in [-0.1, -0.05) is 109 Å². The molecule has 4 heteroatoms. The van der Waals surface area contributed by atoms with Crippen molar-refractivity contribution in [2.45, 2.75) is 0 Å². The first-order valence-corrected chi connectivity index (χ1v) is 20.0. The van der Waals surface area contributed by atoms with Crippen molar-refractivity contribution in [2.24, 2.45) is 0 Å². The van der Waals surface area contributed by atoms with Crippen LogP contribution in [-0.4, -0.2) is 13.7 Å². The molecule has 0 aliphatic carbocycles. The average Bonchev–Trinajstić information content (AvgIpc) is 3.94. The van der Waals surface area contributed by atoms with Gasteiger partial charge in [-0.05, 0) is 114 Å². The Kier molecular flexibility index (Phi) is 7.26. The Morgan fingerprint density at radius 3 is 1.19 bits per heavy atom. The average molecular weight is 751 g/mol. The minimum Gasteiger partial charge on any atom is -0.309 e. The third kappa shape index (κ3) is 5.02. The summed E-state index contributed by atoms with van der Waals surface area (Å²) in [5.74, 6) is 0. The largest absolute Gasteiger partial charge is 0.309 e. The van der Waals surface area contributed by atoms with E-state index in [-0.39, 0.29) is 0 Å². The van der Waals surface area contributed by atoms with Crippen LogP contribution in [0.2, 0.25) is 0 Å². The molecule has 0 amide bonds. The predicted octanol–water partition coefficient (Wildman–Crippen LogP) is 14.2. The van der Waals surface area contributed by atoms with Crippen LogP contribution < -0.4 is 0 Å². The van der Waals surface area contributed by atoms with Gasteiger partial charge in [0.1, 0.15) is 0 Å². The van der Waals surface area contributed by atoms with E-state index in [2.05, 4.69) is 214 Å². The highest BCUT2D eigenvalue weighted by atomic mass is 15.0. The van der Waals surface area contributed by atoms with Gasteiger partial charge in [-0.15, -0.1) is 0 Å². The Hall–Kier alpha value is -8.13. The SMILES string of the molecule is N#Cc1ccc(-n2c3ccccc3c3cc(-c4ccc5c(c4)c4ccccc4n5-c4ccccc4)ccc32)c(-c2ccc3c(c2)c2ccccc2n3-c2ccccc2)c1. The molecule has 12 rings (SSSR count). The molecule has 9 aromatic carbocycles. The molecule has 0 fully saturated rings. The number of hydrogen-bond donors (Lipinski definition) is 0. The minimum atomic E-state index is 0.627. The highest BCUT2D eigenvalue weighted by molar-refractivity contribution is 6.14. The van der Waals surface area contributed by atoms with Gasteiger partial charge in [-0.3, -0.25) is 0 Å². The zero-order valence-electron chi connectivity index (χ0n) is 31.9. The number of hydrogen-bond acceptors (Lipinski definition) is 1. The van der Waals surface area contributed by atoms with E-state index in [0.717, 1.165) is 50.3 Å². The molecule has 3 heterocycles. The summed E-state index contributed by atoms with van der Waals surface area (Å²) in [6.07, 6.45) is 0. The molecule has 0 spiro atoms. The summed E-state index contributed by atoms with van der Waals surface area (Å²) in [6.45, 7) is 0. The van der Waals surface area contributed by atoms with Gasteiger partial charge in [0.15, 0.2) is 0 Å². The first-order valence-electron chi connectivity index (χ1n) is 20.0. The Bertz CT molecular complexity index is 3670. The van der Waals surface area contributed by atoms with Gasteiger partial charge >= 0.3 is 0 Å². The van der Waals surface area contributed by atoms with Crippen molar-refractivity contribution >= 4 is 65.4 Å². The molecule has 4 nitrogen and oxygen atoms in total. The van der Waals surface area contributed by atoms with E-state index in [1.807, 2.05) is 12.1 Å². The molecule has 0 unspecified atom stereocenters. The Balaban J connectivity index is 1.05. The van der Waals surface area contributed by atoms with Crippen molar-refractivity contribution in [1.82, 2.24) is 13.7 Å². The second-order valence-corrected chi connectivity index (χ2v) is 15.3. The van der Waals surface area contributed by atoms with Crippen LogP contribution in [0.5, 0.6) is 0 Å². The summed E-state index contributed by atoms with van der Waals surface area (Å²) in [5, 5.41) is 17.4. The van der Waals surface area contributed by atoms with Gasteiger partial charge in [-0.25, -0.2) is 0 Å². The van der Waals surface area contributed by atoms with E-state index < -0.39 is 0 Å². The Morgan fingerprint density at radius 1 is 0.305 bits per heavy atom. The number of nitrogens with zero attached hydrogens (tertiary/aromatic N) is 4. The second kappa shape index (κ2) is 13.0. The molecule has 274 valence electrons. The Morgan fingerprint density at radius 2 is 0.695 bits per heavy atom. The van der Waals surface area contributed by atoms with Crippen LogP contribution in [0.25, 0.3) is 105 Å². The predicted molar refractivity (Wildman–Crippen MR) is 245 cm³/mol. The number of aromatic nitrogens is 3. The van der Waals surface area contributed by atoms with Crippen molar-refractivity contribution in [3.05, 3.63) is 212 Å². The fraction of sp³-hybridized carbons (Fsp3) is 0. The van der Waals surface area contributed by atoms with E-state index >= 15 is 0 Å². The normalized spacial score (nSPS) is 11.7. The summed E-state index contributed by atoms with van der Waals surface area (Å²) in [5.41, 5.74) is 15.3. The van der Waals surface area contributed by atoms with Gasteiger partial charge in [0.05, 0.1) is 50.4 Å². The van der Waals surface area contributed by atoms with Crippen LogP contribution in [0.1, 0.15) is 5.56 Å². The van der Waals surface area contributed by atoms with Crippen molar-refractivity contribution in [1.29, 1.82) is 5.26 Å². The molecule has 59 heavy (non-hydrogen) atoms. The molecule has 0 saturated carbocycles. The number of fused-ring (bicyclic) bond motifs is 9. The third-order valence-electron chi connectivity index (χ3n) is 12.1. The van der Waals surface area contributed by atoms with Gasteiger partial charge in [0, 0.05) is 49.3 Å². The third-order valence-corrected chi connectivity index (χ3v) is 12.1. The summed E-state index contributed by atoms with van der Waals surface area (Å²) >= 11 is 0. The molecular weight excluding hydrogens is 717 g/mol. The molecule has 0 saturated heterocycles. The lowest BCUT2D eigenvalue weighted by Gasteiger charge is -2.15. The zero-order valence-corrected chi connectivity index (χ0v) is 31.9. The van der Waals surface area contributed by atoms with Crippen LogP contribution >= 0.6 is 0 Å². The molecular formula is C55H34N4. The lowest BCUT2D eigenvalue weighted by Crippen LogP contribution is -1.98. The molecule has 0 atom stereocenters. The zero-order chi connectivity index (χ0) is 39.0. The topological polar surface area (TPSA) is 38.6 Å². The van der Waals surface area contributed by atoms with Crippen LogP contribution in [0, 0.1) is 11.3 Å². The fourth-order valence-corrected chi connectivity index (χ4v) is 9.45. The maximum Gasteiger partial charge on any atom is 0.0991 e. The molecule has 0 aliphatic rings.